The number of aromatic nitrogens is 1. The van der Waals surface area contributed by atoms with Crippen LogP contribution in [-0.4, -0.2) is 29.1 Å². The summed E-state index contributed by atoms with van der Waals surface area (Å²) in [5.41, 5.74) is 5.44. The highest BCUT2D eigenvalue weighted by Crippen LogP contribution is 2.34. The van der Waals surface area contributed by atoms with Gasteiger partial charge in [-0.05, 0) is 29.8 Å². The molecule has 0 fully saturated rings. The number of H-pyrrole nitrogens is 1. The smallest absolute Gasteiger partial charge is 0.252 e. The third kappa shape index (κ3) is 2.91. The zero-order chi connectivity index (χ0) is 17.4. The van der Waals surface area contributed by atoms with Crippen molar-refractivity contribution >= 4 is 28.4 Å². The summed E-state index contributed by atoms with van der Waals surface area (Å²) in [6, 6.07) is 12.0. The maximum atomic E-state index is 12.2. The average molecular weight is 356 g/mol. The lowest BCUT2D eigenvalue weighted by molar-refractivity contribution is 0.0966. The molecule has 0 atom stereocenters. The lowest BCUT2D eigenvalue weighted by Crippen LogP contribution is -2.17. The summed E-state index contributed by atoms with van der Waals surface area (Å²) in [5.74, 6) is -0.0833. The first-order valence-corrected chi connectivity index (χ1v) is 8.58. The van der Waals surface area contributed by atoms with Gasteiger partial charge in [-0.3, -0.25) is 4.79 Å². The SMILES string of the molecule is O=C1NCc2c(Cl)ccc(-c3cc4cc(CNCCO)ccc4[nH]3)c21. The molecule has 1 aromatic heterocycles. The predicted octanol–water partition coefficient (Wildman–Crippen LogP) is 2.81. The molecule has 0 bridgehead atoms. The first kappa shape index (κ1) is 16.1. The monoisotopic (exact) mass is 355 g/mol. The number of fused-ring (bicyclic) bond motifs is 2. The molecular formula is C19H18ClN3O2. The Labute approximate surface area is 150 Å². The van der Waals surface area contributed by atoms with Crippen LogP contribution in [0.15, 0.2) is 36.4 Å². The van der Waals surface area contributed by atoms with Gasteiger partial charge in [0.15, 0.2) is 0 Å². The number of carbonyl (C=O) groups excluding carboxylic acids is 1. The average Bonchev–Trinajstić information content (AvgIpc) is 3.20. The minimum absolute atomic E-state index is 0.0833. The molecule has 4 N–H and O–H groups in total. The van der Waals surface area contributed by atoms with Gasteiger partial charge >= 0.3 is 0 Å². The van der Waals surface area contributed by atoms with Crippen LogP contribution in [0.3, 0.4) is 0 Å². The van der Waals surface area contributed by atoms with Gasteiger partial charge in [0.05, 0.1) is 12.2 Å². The molecule has 0 radical (unpaired) electrons. The Bertz CT molecular complexity index is 965. The minimum atomic E-state index is -0.0833. The van der Waals surface area contributed by atoms with Gasteiger partial charge < -0.3 is 20.7 Å². The maximum Gasteiger partial charge on any atom is 0.252 e. The zero-order valence-corrected chi connectivity index (χ0v) is 14.3. The van der Waals surface area contributed by atoms with E-state index in [0.717, 1.165) is 33.3 Å². The van der Waals surface area contributed by atoms with Gasteiger partial charge in [-0.1, -0.05) is 23.7 Å². The van der Waals surface area contributed by atoms with Gasteiger partial charge in [0.1, 0.15) is 0 Å². The van der Waals surface area contributed by atoms with Crippen molar-refractivity contribution in [1.29, 1.82) is 0 Å². The van der Waals surface area contributed by atoms with E-state index in [2.05, 4.69) is 27.8 Å². The summed E-state index contributed by atoms with van der Waals surface area (Å²) in [7, 11) is 0. The molecule has 25 heavy (non-hydrogen) atoms. The number of benzene rings is 2. The maximum absolute atomic E-state index is 12.2. The Morgan fingerprint density at radius 3 is 2.92 bits per heavy atom. The molecule has 1 amide bonds. The Hall–Kier alpha value is -2.34. The highest BCUT2D eigenvalue weighted by Gasteiger charge is 2.26. The molecule has 128 valence electrons. The molecule has 3 aromatic rings. The fourth-order valence-electron chi connectivity index (χ4n) is 3.29. The molecule has 4 rings (SSSR count). The quantitative estimate of drug-likeness (QED) is 0.531. The van der Waals surface area contributed by atoms with E-state index >= 15 is 0 Å². The summed E-state index contributed by atoms with van der Waals surface area (Å²) in [4.78, 5) is 15.6. The molecule has 0 spiro atoms. The number of rotatable bonds is 5. The largest absolute Gasteiger partial charge is 0.395 e. The number of amides is 1. The van der Waals surface area contributed by atoms with E-state index in [1.165, 1.54) is 0 Å². The Balaban J connectivity index is 1.73. The number of hydrogen-bond donors (Lipinski definition) is 4. The van der Waals surface area contributed by atoms with E-state index in [1.807, 2.05) is 24.3 Å². The van der Waals surface area contributed by atoms with Crippen molar-refractivity contribution in [3.05, 3.63) is 58.1 Å². The topological polar surface area (TPSA) is 77.2 Å². The molecule has 1 aliphatic heterocycles. The van der Waals surface area contributed by atoms with E-state index < -0.39 is 0 Å². The van der Waals surface area contributed by atoms with Crippen LogP contribution in [0.25, 0.3) is 22.2 Å². The van der Waals surface area contributed by atoms with Crippen LogP contribution in [0.2, 0.25) is 5.02 Å². The van der Waals surface area contributed by atoms with Crippen LogP contribution in [-0.2, 0) is 13.1 Å². The minimum Gasteiger partial charge on any atom is -0.395 e. The first-order chi connectivity index (χ1) is 12.2. The van der Waals surface area contributed by atoms with Gasteiger partial charge in [0.2, 0.25) is 0 Å². The molecule has 0 saturated heterocycles. The fraction of sp³-hybridized carbons (Fsp3) is 0.211. The molecule has 0 saturated carbocycles. The van der Waals surface area contributed by atoms with E-state index in [0.29, 0.717) is 30.2 Å². The third-order valence-corrected chi connectivity index (χ3v) is 4.86. The van der Waals surface area contributed by atoms with Crippen molar-refractivity contribution in [2.24, 2.45) is 0 Å². The lowest BCUT2D eigenvalue weighted by Gasteiger charge is -2.06. The molecule has 0 unspecified atom stereocenters. The Morgan fingerprint density at radius 1 is 1.20 bits per heavy atom. The number of aromatic amines is 1. The molecule has 1 aliphatic rings. The van der Waals surface area contributed by atoms with Crippen LogP contribution in [0.5, 0.6) is 0 Å². The molecule has 2 heterocycles. The second kappa shape index (κ2) is 6.52. The number of halogens is 1. The van der Waals surface area contributed by atoms with Crippen LogP contribution < -0.4 is 10.6 Å². The van der Waals surface area contributed by atoms with E-state index in [-0.39, 0.29) is 12.5 Å². The van der Waals surface area contributed by atoms with E-state index in [1.54, 1.807) is 0 Å². The summed E-state index contributed by atoms with van der Waals surface area (Å²) >= 11 is 6.23. The van der Waals surface area contributed by atoms with Crippen LogP contribution in [0.1, 0.15) is 21.5 Å². The van der Waals surface area contributed by atoms with Crippen molar-refractivity contribution in [3.8, 4) is 11.3 Å². The lowest BCUT2D eigenvalue weighted by atomic mass is 10.0. The number of nitrogens with one attached hydrogen (secondary N) is 3. The van der Waals surface area contributed by atoms with Gasteiger partial charge in [-0.15, -0.1) is 0 Å². The number of carbonyl (C=O) groups is 1. The molecule has 5 nitrogen and oxygen atoms in total. The van der Waals surface area contributed by atoms with Crippen molar-refractivity contribution in [3.63, 3.8) is 0 Å². The van der Waals surface area contributed by atoms with Crippen molar-refractivity contribution < 1.29 is 9.90 Å². The van der Waals surface area contributed by atoms with Gasteiger partial charge in [-0.25, -0.2) is 0 Å². The number of hydrogen-bond acceptors (Lipinski definition) is 3. The summed E-state index contributed by atoms with van der Waals surface area (Å²) in [5, 5.41) is 16.6. The van der Waals surface area contributed by atoms with Crippen LogP contribution >= 0.6 is 11.6 Å². The van der Waals surface area contributed by atoms with Crippen LogP contribution in [0, 0.1) is 0 Å². The fourth-order valence-corrected chi connectivity index (χ4v) is 3.51. The predicted molar refractivity (Wildman–Crippen MR) is 98.7 cm³/mol. The Kier molecular flexibility index (Phi) is 4.21. The van der Waals surface area contributed by atoms with Gasteiger partial charge in [0.25, 0.3) is 5.91 Å². The third-order valence-electron chi connectivity index (χ3n) is 4.50. The normalized spacial score (nSPS) is 13.3. The molecular weight excluding hydrogens is 338 g/mol. The highest BCUT2D eigenvalue weighted by atomic mass is 35.5. The zero-order valence-electron chi connectivity index (χ0n) is 13.5. The van der Waals surface area contributed by atoms with Crippen molar-refractivity contribution in [2.75, 3.05) is 13.2 Å². The van der Waals surface area contributed by atoms with Crippen LogP contribution in [0.4, 0.5) is 0 Å². The first-order valence-electron chi connectivity index (χ1n) is 8.20. The molecule has 6 heteroatoms. The van der Waals surface area contributed by atoms with Crippen molar-refractivity contribution in [1.82, 2.24) is 15.6 Å². The Morgan fingerprint density at radius 2 is 2.08 bits per heavy atom. The highest BCUT2D eigenvalue weighted by molar-refractivity contribution is 6.32. The van der Waals surface area contributed by atoms with Gasteiger partial charge in [0, 0.05) is 52.4 Å². The number of aliphatic hydroxyl groups excluding tert-OH is 1. The number of aliphatic hydroxyl groups is 1. The summed E-state index contributed by atoms with van der Waals surface area (Å²) in [6.07, 6.45) is 0. The van der Waals surface area contributed by atoms with Gasteiger partial charge in [-0.2, -0.15) is 0 Å². The summed E-state index contributed by atoms with van der Waals surface area (Å²) in [6.45, 7) is 1.88. The molecule has 0 aliphatic carbocycles. The molecule has 2 aromatic carbocycles. The second-order valence-electron chi connectivity index (χ2n) is 6.14. The van der Waals surface area contributed by atoms with E-state index in [9.17, 15) is 4.79 Å². The van der Waals surface area contributed by atoms with Crippen molar-refractivity contribution in [2.45, 2.75) is 13.1 Å². The second-order valence-corrected chi connectivity index (χ2v) is 6.54. The van der Waals surface area contributed by atoms with E-state index in [4.69, 9.17) is 16.7 Å². The standard InChI is InChI=1S/C19H18ClN3O2/c20-15-3-2-13(18-14(15)10-22-19(18)25)17-8-12-7-11(9-21-5-6-24)1-4-16(12)23-17/h1-4,7-8,21,23-24H,5-6,9-10H2,(H,22,25). The summed E-state index contributed by atoms with van der Waals surface area (Å²) < 4.78 is 0.